The summed E-state index contributed by atoms with van der Waals surface area (Å²) in [7, 11) is 0. The highest BCUT2D eigenvalue weighted by Crippen LogP contribution is 2.35. The average molecular weight is 370 g/mol. The van der Waals surface area contributed by atoms with Crippen LogP contribution in [0.1, 0.15) is 12.0 Å². The number of nitrogens with zero attached hydrogens (tertiary/aromatic N) is 2. The fourth-order valence-electron chi connectivity index (χ4n) is 3.14. The van der Waals surface area contributed by atoms with E-state index in [2.05, 4.69) is 4.98 Å². The number of fused-ring (bicyclic) bond motifs is 1. The zero-order chi connectivity index (χ0) is 18.4. The van der Waals surface area contributed by atoms with Gasteiger partial charge in [-0.1, -0.05) is 17.7 Å². The molecule has 0 unspecified atom stereocenters. The molecule has 1 aromatic heterocycles. The van der Waals surface area contributed by atoms with Gasteiger partial charge in [0.2, 0.25) is 17.7 Å². The molecule has 7 heteroatoms. The number of oxazole rings is 1. The first-order chi connectivity index (χ1) is 12.4. The van der Waals surface area contributed by atoms with Gasteiger partial charge in [-0.25, -0.2) is 4.98 Å². The van der Waals surface area contributed by atoms with Crippen molar-refractivity contribution < 1.29 is 14.0 Å². The summed E-state index contributed by atoms with van der Waals surface area (Å²) < 4.78 is 5.82. The van der Waals surface area contributed by atoms with Crippen molar-refractivity contribution in [2.24, 2.45) is 11.7 Å². The summed E-state index contributed by atoms with van der Waals surface area (Å²) in [5.74, 6) is -0.723. The smallest absolute Gasteiger partial charge is 0.227 e. The summed E-state index contributed by atoms with van der Waals surface area (Å²) in [4.78, 5) is 29.7. The van der Waals surface area contributed by atoms with Crippen LogP contribution in [-0.2, 0) is 9.59 Å². The third-order valence-electron chi connectivity index (χ3n) is 4.55. The molecule has 1 atom stereocenters. The van der Waals surface area contributed by atoms with Crippen LogP contribution < -0.4 is 10.6 Å². The van der Waals surface area contributed by atoms with E-state index in [1.54, 1.807) is 18.2 Å². The monoisotopic (exact) mass is 369 g/mol. The number of rotatable bonds is 3. The van der Waals surface area contributed by atoms with E-state index in [9.17, 15) is 9.59 Å². The molecule has 1 aliphatic rings. The van der Waals surface area contributed by atoms with Crippen molar-refractivity contribution in [1.29, 1.82) is 0 Å². The van der Waals surface area contributed by atoms with Crippen molar-refractivity contribution in [2.45, 2.75) is 13.3 Å². The van der Waals surface area contributed by atoms with Gasteiger partial charge < -0.3 is 15.1 Å². The van der Waals surface area contributed by atoms with Crippen LogP contribution in [0, 0.1) is 12.8 Å². The molecule has 0 bridgehead atoms. The van der Waals surface area contributed by atoms with Crippen LogP contribution in [0.4, 0.5) is 5.69 Å². The fraction of sp³-hybridized carbons (Fsp3) is 0.211. The lowest BCUT2D eigenvalue weighted by atomic mass is 10.1. The molecule has 0 radical (unpaired) electrons. The number of hydrogen-bond acceptors (Lipinski definition) is 4. The molecule has 0 aliphatic carbocycles. The van der Waals surface area contributed by atoms with E-state index < -0.39 is 11.8 Å². The molecular weight excluding hydrogens is 354 g/mol. The number of nitrogens with two attached hydrogens (primary N) is 1. The first-order valence-electron chi connectivity index (χ1n) is 8.19. The van der Waals surface area contributed by atoms with Gasteiger partial charge in [-0.3, -0.25) is 9.59 Å². The number of aromatic nitrogens is 1. The fourth-order valence-corrected chi connectivity index (χ4v) is 3.36. The van der Waals surface area contributed by atoms with Gasteiger partial charge in [0.25, 0.3) is 0 Å². The van der Waals surface area contributed by atoms with Crippen molar-refractivity contribution in [2.75, 3.05) is 11.4 Å². The van der Waals surface area contributed by atoms with E-state index in [1.807, 2.05) is 25.1 Å². The zero-order valence-electron chi connectivity index (χ0n) is 14.0. The quantitative estimate of drug-likeness (QED) is 0.767. The van der Waals surface area contributed by atoms with Crippen LogP contribution in [0.2, 0.25) is 5.02 Å². The average Bonchev–Trinajstić information content (AvgIpc) is 3.18. The number of hydrogen-bond donors (Lipinski definition) is 1. The molecule has 2 heterocycles. The molecule has 3 aromatic rings. The second-order valence-electron chi connectivity index (χ2n) is 6.46. The Labute approximate surface area is 154 Å². The van der Waals surface area contributed by atoms with Crippen molar-refractivity contribution in [3.05, 3.63) is 47.0 Å². The van der Waals surface area contributed by atoms with Gasteiger partial charge in [-0.15, -0.1) is 0 Å². The highest BCUT2D eigenvalue weighted by Gasteiger charge is 2.35. The van der Waals surface area contributed by atoms with E-state index in [4.69, 9.17) is 21.8 Å². The molecule has 1 fully saturated rings. The topological polar surface area (TPSA) is 89.4 Å². The van der Waals surface area contributed by atoms with Gasteiger partial charge in [0.05, 0.1) is 16.6 Å². The lowest BCUT2D eigenvalue weighted by molar-refractivity contribution is -0.123. The number of anilines is 1. The Bertz CT molecular complexity index is 1040. The third-order valence-corrected chi connectivity index (χ3v) is 4.87. The van der Waals surface area contributed by atoms with E-state index in [0.717, 1.165) is 11.1 Å². The second kappa shape index (κ2) is 6.14. The molecule has 6 nitrogen and oxygen atoms in total. The zero-order valence-corrected chi connectivity index (χ0v) is 14.8. The van der Waals surface area contributed by atoms with Crippen LogP contribution >= 0.6 is 11.6 Å². The number of carbonyl (C=O) groups excluding carboxylic acids is 2. The van der Waals surface area contributed by atoms with E-state index in [0.29, 0.717) is 27.7 Å². The lowest BCUT2D eigenvalue weighted by Gasteiger charge is -2.18. The van der Waals surface area contributed by atoms with Crippen molar-refractivity contribution in [1.82, 2.24) is 4.98 Å². The summed E-state index contributed by atoms with van der Waals surface area (Å²) in [6, 6.07) is 11.0. The first-order valence-corrected chi connectivity index (χ1v) is 8.57. The predicted molar refractivity (Wildman–Crippen MR) is 98.8 cm³/mol. The second-order valence-corrected chi connectivity index (χ2v) is 6.87. The van der Waals surface area contributed by atoms with Gasteiger partial charge in [-0.2, -0.15) is 0 Å². The summed E-state index contributed by atoms with van der Waals surface area (Å²) >= 11 is 6.29. The number of aryl methyl sites for hydroxylation is 1. The Morgan fingerprint density at radius 1 is 1.31 bits per heavy atom. The molecule has 2 N–H and O–H groups in total. The normalized spacial score (nSPS) is 17.2. The molecule has 0 saturated carbocycles. The minimum Gasteiger partial charge on any atom is -0.436 e. The first kappa shape index (κ1) is 16.6. The number of benzene rings is 2. The van der Waals surface area contributed by atoms with Crippen LogP contribution in [-0.4, -0.2) is 23.3 Å². The molecule has 0 spiro atoms. The Morgan fingerprint density at radius 2 is 2.12 bits per heavy atom. The molecule has 2 amide bonds. The molecule has 1 saturated heterocycles. The standard InChI is InChI=1S/C19H16ClN3O3/c1-10-2-5-16-14(6-10)22-19(26-16)11-3-4-13(20)15(7-11)23-9-12(18(21)25)8-17(23)24/h2-7,12H,8-9H2,1H3,(H2,21,25)/t12-/m0/s1. The number of amides is 2. The molecular formula is C19H16ClN3O3. The predicted octanol–water partition coefficient (Wildman–Crippen LogP) is 3.29. The van der Waals surface area contributed by atoms with Gasteiger partial charge in [-0.05, 0) is 42.8 Å². The Morgan fingerprint density at radius 3 is 2.85 bits per heavy atom. The number of primary amides is 1. The molecule has 2 aromatic carbocycles. The SMILES string of the molecule is Cc1ccc2oc(-c3ccc(Cl)c(N4C[C@@H](C(N)=O)CC4=O)c3)nc2c1. The van der Waals surface area contributed by atoms with Crippen molar-refractivity contribution in [3.63, 3.8) is 0 Å². The Kier molecular flexibility index (Phi) is 3.92. The van der Waals surface area contributed by atoms with E-state index in [1.165, 1.54) is 4.90 Å². The minimum atomic E-state index is -0.505. The van der Waals surface area contributed by atoms with Gasteiger partial charge in [0.15, 0.2) is 5.58 Å². The Balaban J connectivity index is 1.74. The number of halogens is 1. The number of carbonyl (C=O) groups is 2. The van der Waals surface area contributed by atoms with Crippen LogP contribution in [0.25, 0.3) is 22.6 Å². The molecule has 4 rings (SSSR count). The summed E-state index contributed by atoms with van der Waals surface area (Å²) in [5.41, 5.74) is 9.11. The summed E-state index contributed by atoms with van der Waals surface area (Å²) in [6.07, 6.45) is 0.0953. The largest absolute Gasteiger partial charge is 0.436 e. The van der Waals surface area contributed by atoms with E-state index in [-0.39, 0.29) is 18.9 Å². The van der Waals surface area contributed by atoms with Crippen molar-refractivity contribution >= 4 is 40.2 Å². The third kappa shape index (κ3) is 2.82. The Hall–Kier alpha value is -2.86. The van der Waals surface area contributed by atoms with Crippen LogP contribution in [0.15, 0.2) is 40.8 Å². The van der Waals surface area contributed by atoms with Gasteiger partial charge in [0, 0.05) is 18.5 Å². The lowest BCUT2D eigenvalue weighted by Crippen LogP contribution is -2.28. The maximum Gasteiger partial charge on any atom is 0.227 e. The maximum atomic E-state index is 12.3. The molecule has 132 valence electrons. The minimum absolute atomic E-state index is 0.0953. The van der Waals surface area contributed by atoms with Gasteiger partial charge >= 0.3 is 0 Å². The molecule has 26 heavy (non-hydrogen) atoms. The van der Waals surface area contributed by atoms with Crippen LogP contribution in [0.3, 0.4) is 0 Å². The van der Waals surface area contributed by atoms with Gasteiger partial charge in [0.1, 0.15) is 5.52 Å². The maximum absolute atomic E-state index is 12.3. The highest BCUT2D eigenvalue weighted by atomic mass is 35.5. The highest BCUT2D eigenvalue weighted by molar-refractivity contribution is 6.34. The van der Waals surface area contributed by atoms with E-state index >= 15 is 0 Å². The van der Waals surface area contributed by atoms with Crippen LogP contribution in [0.5, 0.6) is 0 Å². The molecule has 1 aliphatic heterocycles. The summed E-state index contributed by atoms with van der Waals surface area (Å²) in [6.45, 7) is 2.21. The van der Waals surface area contributed by atoms with Crippen molar-refractivity contribution in [3.8, 4) is 11.5 Å². The summed E-state index contributed by atoms with van der Waals surface area (Å²) in [5, 5.41) is 0.416.